The minimum atomic E-state index is -0.208. The summed E-state index contributed by atoms with van der Waals surface area (Å²) in [6.45, 7) is 14.6. The number of rotatable bonds is 7. The van der Waals surface area contributed by atoms with Crippen molar-refractivity contribution in [1.29, 1.82) is 0 Å². The van der Waals surface area contributed by atoms with E-state index in [4.69, 9.17) is 9.47 Å². The topological polar surface area (TPSA) is 38.8 Å². The zero-order valence-corrected chi connectivity index (χ0v) is 19.3. The Morgan fingerprint density at radius 1 is 1.17 bits per heavy atom. The molecule has 1 aliphatic carbocycles. The van der Waals surface area contributed by atoms with E-state index in [0.717, 1.165) is 25.1 Å². The minimum Gasteiger partial charge on any atom is -0.493 e. The molecule has 0 aromatic heterocycles. The molecule has 3 rings (SSSR count). The number of carbonyl (C=O) groups is 1. The quantitative estimate of drug-likeness (QED) is 0.521. The van der Waals surface area contributed by atoms with Gasteiger partial charge in [0.15, 0.2) is 0 Å². The van der Waals surface area contributed by atoms with Gasteiger partial charge in [-0.1, -0.05) is 37.6 Å². The van der Waals surface area contributed by atoms with E-state index in [9.17, 15) is 4.79 Å². The second kappa shape index (κ2) is 9.11. The van der Waals surface area contributed by atoms with E-state index >= 15 is 0 Å². The minimum absolute atomic E-state index is 0.0449. The van der Waals surface area contributed by atoms with Gasteiger partial charge in [0.1, 0.15) is 5.76 Å². The Bertz CT molecular complexity index is 905. The first kappa shape index (κ1) is 22.2. The zero-order chi connectivity index (χ0) is 21.9. The number of nitrogens with zero attached hydrogens (tertiary/aromatic N) is 1. The van der Waals surface area contributed by atoms with Crippen LogP contribution in [0.4, 0.5) is 5.69 Å². The lowest BCUT2D eigenvalue weighted by atomic mass is 9.83. The van der Waals surface area contributed by atoms with Crippen LogP contribution < -0.4 is 4.90 Å². The number of esters is 1. The Labute approximate surface area is 181 Å². The number of benzene rings is 1. The lowest BCUT2D eigenvalue weighted by Crippen LogP contribution is -2.25. The van der Waals surface area contributed by atoms with E-state index in [2.05, 4.69) is 69.9 Å². The molecule has 0 bridgehead atoms. The van der Waals surface area contributed by atoms with Gasteiger partial charge in [-0.25, -0.2) is 0 Å². The number of fused-ring (bicyclic) bond motifs is 1. The van der Waals surface area contributed by atoms with Crippen molar-refractivity contribution < 1.29 is 14.3 Å². The van der Waals surface area contributed by atoms with Crippen LogP contribution in [0.15, 0.2) is 53.0 Å². The number of ether oxygens (including phenoxy) is 2. The molecule has 4 heteroatoms. The summed E-state index contributed by atoms with van der Waals surface area (Å²) in [7, 11) is 0. The maximum absolute atomic E-state index is 11.6. The van der Waals surface area contributed by atoms with Gasteiger partial charge in [-0.2, -0.15) is 0 Å². The Hall–Kier alpha value is -2.49. The van der Waals surface area contributed by atoms with E-state index in [-0.39, 0.29) is 17.8 Å². The molecule has 0 spiro atoms. The second-order valence-corrected chi connectivity index (χ2v) is 8.65. The van der Waals surface area contributed by atoms with E-state index < -0.39 is 0 Å². The Morgan fingerprint density at radius 2 is 1.93 bits per heavy atom. The highest BCUT2D eigenvalue weighted by Crippen LogP contribution is 2.48. The van der Waals surface area contributed by atoms with Gasteiger partial charge in [-0.3, -0.25) is 4.79 Å². The van der Waals surface area contributed by atoms with E-state index in [0.29, 0.717) is 13.2 Å². The number of hydrogen-bond acceptors (Lipinski definition) is 4. The van der Waals surface area contributed by atoms with Gasteiger partial charge in [0, 0.05) is 23.3 Å². The fourth-order valence-corrected chi connectivity index (χ4v) is 4.48. The predicted molar refractivity (Wildman–Crippen MR) is 123 cm³/mol. The number of likely N-dealkylation sites (N-methyl/N-ethyl adjacent to an activating group) is 1. The highest BCUT2D eigenvalue weighted by atomic mass is 16.5. The summed E-state index contributed by atoms with van der Waals surface area (Å²) in [5.74, 6) is 0.740. The van der Waals surface area contributed by atoms with Crippen molar-refractivity contribution in [3.8, 4) is 0 Å². The normalized spacial score (nSPS) is 20.3. The number of carbonyl (C=O) groups excluding carboxylic acids is 1. The van der Waals surface area contributed by atoms with Gasteiger partial charge in [0.05, 0.1) is 19.6 Å². The molecular formula is C26H35NO3. The van der Waals surface area contributed by atoms with Gasteiger partial charge < -0.3 is 14.4 Å². The molecule has 0 saturated heterocycles. The molecular weight excluding hydrogens is 374 g/mol. The number of aryl methyl sites for hydroxylation is 1. The van der Waals surface area contributed by atoms with Crippen LogP contribution in [0, 0.1) is 6.92 Å². The van der Waals surface area contributed by atoms with Crippen LogP contribution in [0.25, 0.3) is 0 Å². The van der Waals surface area contributed by atoms with Crippen molar-refractivity contribution in [1.82, 2.24) is 0 Å². The Kier molecular flexibility index (Phi) is 6.74. The van der Waals surface area contributed by atoms with Crippen LogP contribution in [0.1, 0.15) is 65.0 Å². The molecule has 30 heavy (non-hydrogen) atoms. The second-order valence-electron chi connectivity index (χ2n) is 8.65. The summed E-state index contributed by atoms with van der Waals surface area (Å²) >= 11 is 0. The van der Waals surface area contributed by atoms with E-state index in [1.54, 1.807) is 0 Å². The summed E-state index contributed by atoms with van der Waals surface area (Å²) in [6, 6.07) is 6.75. The highest BCUT2D eigenvalue weighted by Gasteiger charge is 2.39. The lowest BCUT2D eigenvalue weighted by Gasteiger charge is -2.26. The average Bonchev–Trinajstić information content (AvgIpc) is 3.15. The van der Waals surface area contributed by atoms with Crippen LogP contribution in [-0.2, 0) is 19.7 Å². The predicted octanol–water partition coefficient (Wildman–Crippen LogP) is 5.96. The number of hydrogen-bond donors (Lipinski definition) is 0. The van der Waals surface area contributed by atoms with Crippen LogP contribution >= 0.6 is 0 Å². The van der Waals surface area contributed by atoms with Crippen LogP contribution in [-0.4, -0.2) is 25.7 Å². The summed E-state index contributed by atoms with van der Waals surface area (Å²) in [6.07, 6.45) is 6.74. The highest BCUT2D eigenvalue weighted by molar-refractivity contribution is 5.71. The third-order valence-corrected chi connectivity index (χ3v) is 6.11. The first-order valence-electron chi connectivity index (χ1n) is 11.1. The first-order chi connectivity index (χ1) is 14.3. The molecule has 1 aliphatic heterocycles. The first-order valence-corrected chi connectivity index (χ1v) is 11.1. The van der Waals surface area contributed by atoms with Gasteiger partial charge in [-0.15, -0.1) is 0 Å². The summed E-state index contributed by atoms with van der Waals surface area (Å²) in [5.41, 5.74) is 7.72. The molecule has 0 atom stereocenters. The van der Waals surface area contributed by atoms with Crippen LogP contribution in [0.2, 0.25) is 0 Å². The molecule has 2 aliphatic rings. The maximum Gasteiger partial charge on any atom is 0.309 e. The van der Waals surface area contributed by atoms with Crippen LogP contribution in [0.3, 0.4) is 0 Å². The molecule has 0 unspecified atom stereocenters. The smallest absolute Gasteiger partial charge is 0.309 e. The molecule has 162 valence electrons. The molecule has 0 amide bonds. The Balaban J connectivity index is 1.83. The number of allylic oxidation sites excluding steroid dienone is 5. The molecule has 0 N–H and O–H groups in total. The zero-order valence-electron chi connectivity index (χ0n) is 19.3. The van der Waals surface area contributed by atoms with Crippen molar-refractivity contribution in [3.05, 3.63) is 64.1 Å². The van der Waals surface area contributed by atoms with E-state index in [1.165, 1.54) is 33.7 Å². The summed E-state index contributed by atoms with van der Waals surface area (Å²) in [4.78, 5) is 14.0. The van der Waals surface area contributed by atoms with Gasteiger partial charge in [0.25, 0.3) is 0 Å². The average molecular weight is 410 g/mol. The van der Waals surface area contributed by atoms with Crippen LogP contribution in [0.5, 0.6) is 0 Å². The van der Waals surface area contributed by atoms with Gasteiger partial charge in [0.2, 0.25) is 0 Å². The lowest BCUT2D eigenvalue weighted by molar-refractivity contribution is -0.143. The molecule has 4 nitrogen and oxygen atoms in total. The monoisotopic (exact) mass is 409 g/mol. The van der Waals surface area contributed by atoms with Crippen molar-refractivity contribution in [2.75, 3.05) is 24.7 Å². The van der Waals surface area contributed by atoms with Crippen molar-refractivity contribution >= 4 is 11.7 Å². The molecule has 0 radical (unpaired) electrons. The molecule has 0 saturated carbocycles. The molecule has 0 fully saturated rings. The van der Waals surface area contributed by atoms with Crippen molar-refractivity contribution in [2.45, 2.75) is 66.2 Å². The SMILES string of the molecule is CCOC(=O)CCOC1=C(C)CC/C1=C\C=C1\N(CC)c2ccc(C)cc2C1(C)C. The third-order valence-electron chi connectivity index (χ3n) is 6.11. The summed E-state index contributed by atoms with van der Waals surface area (Å²) < 4.78 is 11.0. The fraction of sp³-hybridized carbons (Fsp3) is 0.500. The third kappa shape index (κ3) is 4.33. The van der Waals surface area contributed by atoms with Gasteiger partial charge in [-0.05, 0) is 69.4 Å². The molecule has 1 aromatic carbocycles. The summed E-state index contributed by atoms with van der Waals surface area (Å²) in [5, 5.41) is 0. The molecule has 1 heterocycles. The van der Waals surface area contributed by atoms with Crippen molar-refractivity contribution in [2.24, 2.45) is 0 Å². The largest absolute Gasteiger partial charge is 0.493 e. The number of anilines is 1. The van der Waals surface area contributed by atoms with Gasteiger partial charge >= 0.3 is 5.97 Å². The maximum atomic E-state index is 11.6. The molecule has 1 aromatic rings. The standard InChI is InChI=1S/C26H35NO3/c1-7-27-22-13-9-18(3)17-21(22)26(5,6)23(27)14-12-20-11-10-19(4)25(20)30-16-15-24(28)29-8-2/h9,12-14,17H,7-8,10-11,15-16H2,1-6H3/b20-12+,23-14+. The van der Waals surface area contributed by atoms with Crippen molar-refractivity contribution in [3.63, 3.8) is 0 Å². The van der Waals surface area contributed by atoms with E-state index in [1.807, 2.05) is 6.92 Å². The fourth-order valence-electron chi connectivity index (χ4n) is 4.48. The Morgan fingerprint density at radius 3 is 2.63 bits per heavy atom.